The van der Waals surface area contributed by atoms with E-state index in [1.807, 2.05) is 30.3 Å². The zero-order valence-corrected chi connectivity index (χ0v) is 19.5. The first-order valence-electron chi connectivity index (χ1n) is 9.37. The maximum Gasteiger partial charge on any atom is 0.295 e. The first-order chi connectivity index (χ1) is 15.3. The summed E-state index contributed by atoms with van der Waals surface area (Å²) in [6.45, 7) is 0. The van der Waals surface area contributed by atoms with Gasteiger partial charge in [0.25, 0.3) is 5.91 Å². The third-order valence-corrected chi connectivity index (χ3v) is 7.21. The predicted octanol–water partition coefficient (Wildman–Crippen LogP) is 4.62. The molecular weight excluding hydrogens is 470 g/mol. The quantitative estimate of drug-likeness (QED) is 0.401. The van der Waals surface area contributed by atoms with Crippen molar-refractivity contribution in [2.75, 3.05) is 13.4 Å². The van der Waals surface area contributed by atoms with Crippen LogP contribution in [0.2, 0.25) is 5.02 Å². The molecule has 164 valence electrons. The number of nitrogens with zero attached hydrogens (tertiary/aromatic N) is 2. The summed E-state index contributed by atoms with van der Waals surface area (Å²) in [5.74, 6) is -0.489. The number of para-hydroxylation sites is 1. The van der Waals surface area contributed by atoms with Crippen LogP contribution in [-0.2, 0) is 14.7 Å². The number of aromatic nitrogens is 2. The lowest BCUT2D eigenvalue weighted by molar-refractivity contribution is 0.0532. The molecule has 0 spiro atoms. The van der Waals surface area contributed by atoms with Crippen LogP contribution < -0.4 is 5.48 Å². The largest absolute Gasteiger partial charge is 0.295 e. The van der Waals surface area contributed by atoms with Crippen LogP contribution >= 0.6 is 22.9 Å². The van der Waals surface area contributed by atoms with Crippen LogP contribution in [0, 0.1) is 0 Å². The molecule has 32 heavy (non-hydrogen) atoms. The van der Waals surface area contributed by atoms with Crippen molar-refractivity contribution in [3.63, 3.8) is 0 Å². The summed E-state index contributed by atoms with van der Waals surface area (Å²) in [6, 6.07) is 19.4. The monoisotopic (exact) mass is 487 g/mol. The number of amides is 1. The van der Waals surface area contributed by atoms with E-state index in [0.717, 1.165) is 15.3 Å². The highest BCUT2D eigenvalue weighted by molar-refractivity contribution is 7.90. The first kappa shape index (κ1) is 22.2. The Balaban J connectivity index is 1.82. The average Bonchev–Trinajstić information content (AvgIpc) is 3.41. The number of carbonyl (C=O) groups is 1. The molecule has 4 rings (SSSR count). The highest BCUT2D eigenvalue weighted by Gasteiger charge is 2.20. The van der Waals surface area contributed by atoms with Gasteiger partial charge in [-0.05, 0) is 48.0 Å². The van der Waals surface area contributed by atoms with Gasteiger partial charge in [0, 0.05) is 11.1 Å². The molecule has 2 heterocycles. The summed E-state index contributed by atoms with van der Waals surface area (Å²) in [7, 11) is -1.97. The molecule has 0 unspecified atom stereocenters. The van der Waals surface area contributed by atoms with Gasteiger partial charge in [-0.1, -0.05) is 35.9 Å². The molecule has 0 saturated carbocycles. The fourth-order valence-electron chi connectivity index (χ4n) is 3.13. The summed E-state index contributed by atoms with van der Waals surface area (Å²) < 4.78 is 25.5. The molecule has 0 saturated heterocycles. The second-order valence-corrected chi connectivity index (χ2v) is 10.4. The number of hydrogen-bond donors (Lipinski definition) is 1. The van der Waals surface area contributed by atoms with Crippen molar-refractivity contribution in [3.8, 4) is 26.7 Å². The second-order valence-electron chi connectivity index (χ2n) is 6.88. The van der Waals surface area contributed by atoms with Crippen LogP contribution in [0.3, 0.4) is 0 Å². The van der Waals surface area contributed by atoms with E-state index in [2.05, 4.69) is 10.6 Å². The molecule has 0 atom stereocenters. The van der Waals surface area contributed by atoms with E-state index in [0.29, 0.717) is 16.4 Å². The van der Waals surface area contributed by atoms with Crippen molar-refractivity contribution < 1.29 is 18.0 Å². The van der Waals surface area contributed by atoms with Crippen LogP contribution in [0.15, 0.2) is 71.6 Å². The minimum atomic E-state index is -3.32. The predicted molar refractivity (Wildman–Crippen MR) is 125 cm³/mol. The minimum absolute atomic E-state index is 0.163. The third-order valence-electron chi connectivity index (χ3n) is 4.62. The maximum absolute atomic E-state index is 12.3. The Morgan fingerprint density at radius 1 is 1.06 bits per heavy atom. The van der Waals surface area contributed by atoms with Crippen LogP contribution in [0.5, 0.6) is 0 Å². The lowest BCUT2D eigenvalue weighted by Crippen LogP contribution is -2.22. The number of halogens is 1. The minimum Gasteiger partial charge on any atom is -0.277 e. The molecule has 0 aliphatic carbocycles. The average molecular weight is 488 g/mol. The van der Waals surface area contributed by atoms with Gasteiger partial charge in [-0.25, -0.2) is 18.6 Å². The van der Waals surface area contributed by atoms with E-state index in [1.165, 1.54) is 24.7 Å². The van der Waals surface area contributed by atoms with E-state index < -0.39 is 15.7 Å². The molecule has 0 bridgehead atoms. The number of rotatable bonds is 6. The normalized spacial score (nSPS) is 11.5. The lowest BCUT2D eigenvalue weighted by Gasteiger charge is -2.08. The molecule has 0 fully saturated rings. The summed E-state index contributed by atoms with van der Waals surface area (Å²) in [5, 5.41) is 4.91. The number of sulfone groups is 1. The van der Waals surface area contributed by atoms with Crippen LogP contribution in [0.4, 0.5) is 0 Å². The molecule has 2 aromatic carbocycles. The Morgan fingerprint density at radius 2 is 1.81 bits per heavy atom. The molecular formula is C22H18ClN3O4S2. The molecule has 7 nitrogen and oxygen atoms in total. The van der Waals surface area contributed by atoms with E-state index in [4.69, 9.17) is 16.4 Å². The molecule has 1 amide bonds. The van der Waals surface area contributed by atoms with Crippen LogP contribution in [-0.4, -0.2) is 37.5 Å². The Hall–Kier alpha value is -2.98. The van der Waals surface area contributed by atoms with Crippen molar-refractivity contribution >= 4 is 38.7 Å². The van der Waals surface area contributed by atoms with E-state index in [-0.39, 0.29) is 10.6 Å². The molecule has 1 N–H and O–H groups in total. The number of nitrogens with one attached hydrogen (secondary N) is 1. The SMILES string of the molecule is CONC(=O)c1cc(-c2ccc(-c3cccc(S(C)(=O)=O)c3)s2)n(-c2ccccc2Cl)n1. The fraction of sp³-hybridized carbons (Fsp3) is 0.0909. The van der Waals surface area contributed by atoms with Crippen molar-refractivity contribution in [2.45, 2.75) is 4.90 Å². The topological polar surface area (TPSA) is 90.3 Å². The van der Waals surface area contributed by atoms with Crippen molar-refractivity contribution in [1.29, 1.82) is 0 Å². The first-order valence-corrected chi connectivity index (χ1v) is 12.5. The van der Waals surface area contributed by atoms with Gasteiger partial charge in [0.1, 0.15) is 0 Å². The number of hydroxylamine groups is 1. The van der Waals surface area contributed by atoms with Gasteiger partial charge in [-0.2, -0.15) is 5.10 Å². The van der Waals surface area contributed by atoms with Gasteiger partial charge in [0.2, 0.25) is 0 Å². The number of hydrogen-bond acceptors (Lipinski definition) is 6. The molecule has 10 heteroatoms. The van der Waals surface area contributed by atoms with E-state index in [9.17, 15) is 13.2 Å². The van der Waals surface area contributed by atoms with Gasteiger partial charge < -0.3 is 0 Å². The standard InChI is InChI=1S/C22H18ClN3O4S2/c1-30-25-22(27)17-13-19(26(24-17)18-9-4-3-8-16(18)23)21-11-10-20(31-21)14-6-5-7-15(12-14)32(2,28)29/h3-13H,1-2H3,(H,25,27). The van der Waals surface area contributed by atoms with E-state index in [1.54, 1.807) is 41.1 Å². The van der Waals surface area contributed by atoms with E-state index >= 15 is 0 Å². The van der Waals surface area contributed by atoms with Crippen LogP contribution in [0.25, 0.3) is 26.7 Å². The van der Waals surface area contributed by atoms with Crippen molar-refractivity contribution in [3.05, 3.63) is 77.4 Å². The van der Waals surface area contributed by atoms with Gasteiger partial charge >= 0.3 is 0 Å². The number of benzene rings is 2. The highest BCUT2D eigenvalue weighted by atomic mass is 35.5. The number of carbonyl (C=O) groups excluding carboxylic acids is 1. The van der Waals surface area contributed by atoms with Crippen molar-refractivity contribution in [2.24, 2.45) is 0 Å². The van der Waals surface area contributed by atoms with Gasteiger partial charge in [-0.3, -0.25) is 9.63 Å². The highest BCUT2D eigenvalue weighted by Crippen LogP contribution is 2.37. The Labute approximate surface area is 194 Å². The van der Waals surface area contributed by atoms with Gasteiger partial charge in [0.05, 0.1) is 33.3 Å². The summed E-state index contributed by atoms with van der Waals surface area (Å²) in [4.78, 5) is 19.0. The lowest BCUT2D eigenvalue weighted by atomic mass is 10.2. The summed E-state index contributed by atoms with van der Waals surface area (Å²) in [6.07, 6.45) is 1.18. The third kappa shape index (κ3) is 4.46. The van der Waals surface area contributed by atoms with Gasteiger partial charge in [-0.15, -0.1) is 11.3 Å². The molecule has 0 aliphatic heterocycles. The molecule has 4 aromatic rings. The Bertz CT molecular complexity index is 1410. The smallest absolute Gasteiger partial charge is 0.277 e. The molecule has 0 radical (unpaired) electrons. The second kappa shape index (κ2) is 8.87. The number of thiophene rings is 1. The van der Waals surface area contributed by atoms with Crippen molar-refractivity contribution in [1.82, 2.24) is 15.3 Å². The molecule has 2 aromatic heterocycles. The Kier molecular flexibility index (Phi) is 6.16. The molecule has 0 aliphatic rings. The Morgan fingerprint density at radius 3 is 2.53 bits per heavy atom. The maximum atomic E-state index is 12.3. The van der Waals surface area contributed by atoms with Crippen LogP contribution in [0.1, 0.15) is 10.5 Å². The van der Waals surface area contributed by atoms with Gasteiger partial charge in [0.15, 0.2) is 15.5 Å². The zero-order valence-electron chi connectivity index (χ0n) is 17.1. The fourth-order valence-corrected chi connectivity index (χ4v) is 5.02. The zero-order chi connectivity index (χ0) is 22.9. The summed E-state index contributed by atoms with van der Waals surface area (Å²) >= 11 is 7.84. The summed E-state index contributed by atoms with van der Waals surface area (Å²) in [5.41, 5.74) is 4.50.